The summed E-state index contributed by atoms with van der Waals surface area (Å²) in [7, 11) is 0. The van der Waals surface area contributed by atoms with E-state index in [1.807, 2.05) is 13.8 Å². The summed E-state index contributed by atoms with van der Waals surface area (Å²) >= 11 is 0. The van der Waals surface area contributed by atoms with Crippen molar-refractivity contribution in [2.24, 2.45) is 5.92 Å². The molecule has 1 N–H and O–H groups in total. The minimum Gasteiger partial charge on any atom is -0.358 e. The number of nitrogens with one attached hydrogen (secondary N) is 1. The van der Waals surface area contributed by atoms with Gasteiger partial charge in [0.1, 0.15) is 6.20 Å². The normalized spacial score (nSPS) is 12.8. The highest BCUT2D eigenvalue weighted by molar-refractivity contribution is 5.76. The fourth-order valence-electron chi connectivity index (χ4n) is 2.98. The molecule has 7 nitrogen and oxygen atoms in total. The summed E-state index contributed by atoms with van der Waals surface area (Å²) in [5, 5.41) is 13.6. The number of carbonyl (C=O) groups excluding carboxylic acids is 1. The van der Waals surface area contributed by atoms with Crippen LogP contribution in [0.15, 0.2) is 30.5 Å². The Balaban J connectivity index is 2.10. The monoisotopic (exact) mass is 412 g/mol. The molecule has 2 rings (SSSR count). The van der Waals surface area contributed by atoms with Crippen LogP contribution >= 0.6 is 0 Å². The molecule has 0 aliphatic heterocycles. The second kappa shape index (κ2) is 9.06. The predicted molar refractivity (Wildman–Crippen MR) is 100 cm³/mol. The summed E-state index contributed by atoms with van der Waals surface area (Å²) in [4.78, 5) is 26.4. The average molecular weight is 412 g/mol. The van der Waals surface area contributed by atoms with Gasteiger partial charge in [0.15, 0.2) is 0 Å². The molecule has 0 aliphatic rings. The van der Waals surface area contributed by atoms with Crippen LogP contribution in [0.4, 0.5) is 19.0 Å². The number of imidazole rings is 1. The molecule has 1 atom stereocenters. The number of nitro groups is 1. The highest BCUT2D eigenvalue weighted by Gasteiger charge is 2.31. The lowest BCUT2D eigenvalue weighted by molar-refractivity contribution is -0.389. The Morgan fingerprint density at radius 3 is 2.59 bits per heavy atom. The van der Waals surface area contributed by atoms with Gasteiger partial charge in [0.25, 0.3) is 0 Å². The lowest BCUT2D eigenvalue weighted by atomic mass is 9.95. The number of aryl methyl sites for hydroxylation is 2. The van der Waals surface area contributed by atoms with E-state index < -0.39 is 22.7 Å². The van der Waals surface area contributed by atoms with E-state index in [-0.39, 0.29) is 30.6 Å². The van der Waals surface area contributed by atoms with Crippen molar-refractivity contribution in [2.45, 2.75) is 52.4 Å². The third-order valence-corrected chi connectivity index (χ3v) is 4.39. The molecule has 1 unspecified atom stereocenters. The molecule has 2 aromatic rings. The SMILES string of the molecule is Cc1nc([N+](=O)[O-])cn1CCC(=O)NC(CC(C)C)c1cccc(C(F)(F)F)c1. The van der Waals surface area contributed by atoms with E-state index in [0.717, 1.165) is 12.1 Å². The van der Waals surface area contributed by atoms with Crippen molar-refractivity contribution in [3.8, 4) is 0 Å². The predicted octanol–water partition coefficient (Wildman–Crippen LogP) is 4.41. The summed E-state index contributed by atoms with van der Waals surface area (Å²) in [5.41, 5.74) is -0.379. The topological polar surface area (TPSA) is 90.1 Å². The lowest BCUT2D eigenvalue weighted by Gasteiger charge is -2.22. The number of halogens is 3. The maximum Gasteiger partial charge on any atom is 0.416 e. The first kappa shape index (κ1) is 22.4. The van der Waals surface area contributed by atoms with Crippen molar-refractivity contribution >= 4 is 11.7 Å². The Labute approximate surface area is 166 Å². The van der Waals surface area contributed by atoms with Crippen molar-refractivity contribution in [1.29, 1.82) is 0 Å². The molecule has 0 spiro atoms. The number of amides is 1. The highest BCUT2D eigenvalue weighted by Crippen LogP contribution is 2.32. The summed E-state index contributed by atoms with van der Waals surface area (Å²) < 4.78 is 40.6. The number of hydrogen-bond donors (Lipinski definition) is 1. The third kappa shape index (κ3) is 6.30. The maximum atomic E-state index is 13.0. The quantitative estimate of drug-likeness (QED) is 0.514. The van der Waals surface area contributed by atoms with Crippen LogP contribution in [0.2, 0.25) is 0 Å². The smallest absolute Gasteiger partial charge is 0.358 e. The minimum absolute atomic E-state index is 0.0158. The average Bonchev–Trinajstić information content (AvgIpc) is 2.99. The fourth-order valence-corrected chi connectivity index (χ4v) is 2.98. The first-order valence-electron chi connectivity index (χ1n) is 9.12. The second-order valence-electron chi connectivity index (χ2n) is 7.22. The minimum atomic E-state index is -4.46. The Hall–Kier alpha value is -2.91. The van der Waals surface area contributed by atoms with E-state index in [2.05, 4.69) is 10.3 Å². The van der Waals surface area contributed by atoms with E-state index in [4.69, 9.17) is 0 Å². The van der Waals surface area contributed by atoms with Crippen molar-refractivity contribution in [3.05, 3.63) is 57.5 Å². The molecule has 0 saturated heterocycles. The maximum absolute atomic E-state index is 13.0. The summed E-state index contributed by atoms with van der Waals surface area (Å²) in [6, 6.07) is 4.36. The number of hydrogen-bond acceptors (Lipinski definition) is 4. The van der Waals surface area contributed by atoms with E-state index in [0.29, 0.717) is 17.8 Å². The van der Waals surface area contributed by atoms with Crippen LogP contribution in [-0.2, 0) is 17.5 Å². The molecule has 10 heteroatoms. The standard InChI is InChI=1S/C19H23F3N4O3/c1-12(2)9-16(14-5-4-6-15(10-14)19(20,21)22)24-18(27)7-8-25-11-17(26(28)29)23-13(25)3/h4-6,10-12,16H,7-9H2,1-3H3,(H,24,27). The molecule has 1 amide bonds. The summed E-state index contributed by atoms with van der Waals surface area (Å²) in [5.74, 6) is -0.108. The van der Waals surface area contributed by atoms with Gasteiger partial charge in [0.2, 0.25) is 11.7 Å². The number of carbonyl (C=O) groups is 1. The third-order valence-electron chi connectivity index (χ3n) is 4.39. The van der Waals surface area contributed by atoms with E-state index in [1.54, 1.807) is 13.0 Å². The van der Waals surface area contributed by atoms with Crippen molar-refractivity contribution in [2.75, 3.05) is 0 Å². The van der Waals surface area contributed by atoms with Gasteiger partial charge in [-0.3, -0.25) is 4.79 Å². The Morgan fingerprint density at radius 1 is 1.34 bits per heavy atom. The molecular formula is C19H23F3N4O3. The van der Waals surface area contributed by atoms with Gasteiger partial charge in [0.05, 0.1) is 11.6 Å². The Kier molecular flexibility index (Phi) is 6.99. The zero-order valence-corrected chi connectivity index (χ0v) is 16.4. The summed E-state index contributed by atoms with van der Waals surface area (Å²) in [6.45, 7) is 5.60. The van der Waals surface area contributed by atoms with Gasteiger partial charge in [-0.1, -0.05) is 26.0 Å². The molecule has 0 fully saturated rings. The van der Waals surface area contributed by atoms with E-state index in [9.17, 15) is 28.1 Å². The van der Waals surface area contributed by atoms with Crippen LogP contribution in [-0.4, -0.2) is 20.4 Å². The molecule has 0 aliphatic carbocycles. The van der Waals surface area contributed by atoms with Crippen LogP contribution in [0.25, 0.3) is 0 Å². The highest BCUT2D eigenvalue weighted by atomic mass is 19.4. The number of nitrogens with zero attached hydrogens (tertiary/aromatic N) is 3. The molecular weight excluding hydrogens is 389 g/mol. The van der Waals surface area contributed by atoms with Crippen LogP contribution in [0.5, 0.6) is 0 Å². The van der Waals surface area contributed by atoms with Gasteiger partial charge in [-0.25, -0.2) is 0 Å². The molecule has 0 saturated carbocycles. The lowest BCUT2D eigenvalue weighted by Crippen LogP contribution is -2.30. The Bertz CT molecular complexity index is 878. The van der Waals surface area contributed by atoms with Gasteiger partial charge < -0.3 is 20.0 Å². The van der Waals surface area contributed by atoms with Crippen LogP contribution in [0.3, 0.4) is 0 Å². The number of aromatic nitrogens is 2. The number of benzene rings is 1. The zero-order valence-electron chi connectivity index (χ0n) is 16.4. The first-order valence-corrected chi connectivity index (χ1v) is 9.12. The zero-order chi connectivity index (χ0) is 21.8. The second-order valence-corrected chi connectivity index (χ2v) is 7.22. The van der Waals surface area contributed by atoms with Gasteiger partial charge in [-0.05, 0) is 39.9 Å². The molecule has 1 heterocycles. The first-order chi connectivity index (χ1) is 13.5. The van der Waals surface area contributed by atoms with Crippen molar-refractivity contribution < 1.29 is 22.9 Å². The van der Waals surface area contributed by atoms with Gasteiger partial charge in [0, 0.05) is 19.9 Å². The fraction of sp³-hybridized carbons (Fsp3) is 0.474. The van der Waals surface area contributed by atoms with Gasteiger partial charge in [-0.15, -0.1) is 0 Å². The Morgan fingerprint density at radius 2 is 2.03 bits per heavy atom. The molecule has 0 radical (unpaired) electrons. The van der Waals surface area contributed by atoms with Crippen LogP contribution in [0.1, 0.15) is 49.7 Å². The van der Waals surface area contributed by atoms with Crippen molar-refractivity contribution in [3.63, 3.8) is 0 Å². The summed E-state index contributed by atoms with van der Waals surface area (Å²) in [6.07, 6.45) is -2.72. The van der Waals surface area contributed by atoms with Crippen molar-refractivity contribution in [1.82, 2.24) is 14.9 Å². The van der Waals surface area contributed by atoms with E-state index >= 15 is 0 Å². The molecule has 29 heavy (non-hydrogen) atoms. The molecule has 158 valence electrons. The van der Waals surface area contributed by atoms with Gasteiger partial charge in [-0.2, -0.15) is 13.2 Å². The van der Waals surface area contributed by atoms with Gasteiger partial charge >= 0.3 is 12.0 Å². The van der Waals surface area contributed by atoms with Crippen LogP contribution < -0.4 is 5.32 Å². The molecule has 1 aromatic heterocycles. The largest absolute Gasteiger partial charge is 0.416 e. The van der Waals surface area contributed by atoms with Crippen LogP contribution in [0, 0.1) is 23.0 Å². The van der Waals surface area contributed by atoms with E-state index in [1.165, 1.54) is 16.8 Å². The molecule has 1 aromatic carbocycles. The molecule has 0 bridgehead atoms. The number of alkyl halides is 3. The number of rotatable bonds is 8.